The second-order valence-electron chi connectivity index (χ2n) is 5.24. The number of hydrogen-bond donors (Lipinski definition) is 1. The van der Waals surface area contributed by atoms with Crippen molar-refractivity contribution in [2.45, 2.75) is 11.8 Å². The Kier molecular flexibility index (Phi) is 4.30. The van der Waals surface area contributed by atoms with Crippen molar-refractivity contribution < 1.29 is 9.00 Å². The van der Waals surface area contributed by atoms with Gasteiger partial charge in [0, 0.05) is 23.7 Å². The number of aromatic amines is 1. The van der Waals surface area contributed by atoms with E-state index in [0.717, 1.165) is 10.9 Å². The molecule has 1 aromatic heterocycles. The number of aromatic nitrogens is 1. The van der Waals surface area contributed by atoms with Crippen LogP contribution in [0, 0.1) is 0 Å². The molecule has 23 heavy (non-hydrogen) atoms. The zero-order valence-corrected chi connectivity index (χ0v) is 13.9. The summed E-state index contributed by atoms with van der Waals surface area (Å²) in [4.78, 5) is 18.1. The van der Waals surface area contributed by atoms with Gasteiger partial charge in [0.1, 0.15) is 5.69 Å². The van der Waals surface area contributed by atoms with Crippen LogP contribution in [0.4, 0.5) is 5.69 Å². The molecule has 0 aliphatic rings. The average Bonchev–Trinajstić information content (AvgIpc) is 3.03. The monoisotopic (exact) mass is 326 g/mol. The van der Waals surface area contributed by atoms with E-state index in [-0.39, 0.29) is 5.91 Å². The molecule has 118 valence electrons. The fraction of sp³-hybridized carbons (Fsp3) is 0.167. The minimum atomic E-state index is -1.11. The van der Waals surface area contributed by atoms with E-state index in [1.54, 1.807) is 11.9 Å². The van der Waals surface area contributed by atoms with Crippen LogP contribution in [0.3, 0.4) is 0 Å². The number of rotatable bonds is 4. The molecular formula is C18H18N2O2S. The summed E-state index contributed by atoms with van der Waals surface area (Å²) in [5.74, 6) is 0.368. The van der Waals surface area contributed by atoms with Gasteiger partial charge in [-0.05, 0) is 24.3 Å². The van der Waals surface area contributed by atoms with E-state index in [9.17, 15) is 9.00 Å². The summed E-state index contributed by atoms with van der Waals surface area (Å²) < 4.78 is 12.2. The Labute approximate surface area is 137 Å². The van der Waals surface area contributed by atoms with Gasteiger partial charge < -0.3 is 9.88 Å². The highest BCUT2D eigenvalue weighted by Crippen LogP contribution is 2.25. The Balaban J connectivity index is 1.98. The van der Waals surface area contributed by atoms with Crippen molar-refractivity contribution >= 4 is 33.3 Å². The molecule has 0 saturated carbocycles. The fourth-order valence-corrected chi connectivity index (χ4v) is 3.54. The maximum absolute atomic E-state index is 12.8. The molecule has 1 N–H and O–H groups in total. The molecule has 0 radical (unpaired) electrons. The summed E-state index contributed by atoms with van der Waals surface area (Å²) in [5, 5.41) is 0.995. The summed E-state index contributed by atoms with van der Waals surface area (Å²) in [6.07, 6.45) is 0. The largest absolute Gasteiger partial charge is 0.351 e. The van der Waals surface area contributed by atoms with E-state index in [1.165, 1.54) is 0 Å². The number of hydrogen-bond acceptors (Lipinski definition) is 2. The normalized spacial score (nSPS) is 12.3. The number of nitrogens with one attached hydrogen (secondary N) is 1. The minimum absolute atomic E-state index is 0.151. The lowest BCUT2D eigenvalue weighted by atomic mass is 10.2. The number of nitrogens with zero attached hydrogens (tertiary/aromatic N) is 1. The second kappa shape index (κ2) is 6.38. The Hall–Kier alpha value is -2.40. The van der Waals surface area contributed by atoms with Crippen LogP contribution in [0.1, 0.15) is 17.4 Å². The number of para-hydroxylation sites is 2. The summed E-state index contributed by atoms with van der Waals surface area (Å²) in [7, 11) is 0.594. The predicted octanol–water partition coefficient (Wildman–Crippen LogP) is 3.57. The molecule has 0 aliphatic carbocycles. The van der Waals surface area contributed by atoms with E-state index in [1.807, 2.05) is 61.5 Å². The van der Waals surface area contributed by atoms with Crippen LogP contribution < -0.4 is 4.90 Å². The molecule has 1 atom stereocenters. The summed E-state index contributed by atoms with van der Waals surface area (Å²) in [6, 6.07) is 16.9. The standard InChI is InChI=1S/C18H18N2O2S/c1-3-23(22)17-11-7-6-10-16(17)20(2)18(21)15-12-13-8-4-5-9-14(13)19-15/h4-12,19H,3H2,1-2H3. The van der Waals surface area contributed by atoms with Gasteiger partial charge in [0.2, 0.25) is 0 Å². The van der Waals surface area contributed by atoms with Crippen LogP contribution in [0.2, 0.25) is 0 Å². The van der Waals surface area contributed by atoms with E-state index >= 15 is 0 Å². The Bertz CT molecular complexity index is 852. The molecule has 4 nitrogen and oxygen atoms in total. The van der Waals surface area contributed by atoms with Crippen molar-refractivity contribution in [3.05, 3.63) is 60.3 Å². The highest BCUT2D eigenvalue weighted by atomic mass is 32.2. The highest BCUT2D eigenvalue weighted by Gasteiger charge is 2.19. The molecule has 0 aliphatic heterocycles. The molecule has 0 spiro atoms. The molecule has 1 amide bonds. The topological polar surface area (TPSA) is 53.2 Å². The maximum atomic E-state index is 12.8. The number of amides is 1. The lowest BCUT2D eigenvalue weighted by molar-refractivity contribution is 0.0988. The zero-order chi connectivity index (χ0) is 16.4. The van der Waals surface area contributed by atoms with Crippen molar-refractivity contribution in [1.29, 1.82) is 0 Å². The zero-order valence-electron chi connectivity index (χ0n) is 13.1. The predicted molar refractivity (Wildman–Crippen MR) is 94.4 cm³/mol. The van der Waals surface area contributed by atoms with Crippen molar-refractivity contribution in [1.82, 2.24) is 4.98 Å². The van der Waals surface area contributed by atoms with Crippen LogP contribution in [0.25, 0.3) is 10.9 Å². The molecule has 1 heterocycles. The molecule has 2 aromatic carbocycles. The molecule has 3 rings (SSSR count). The third kappa shape index (κ3) is 2.92. The van der Waals surface area contributed by atoms with Crippen molar-refractivity contribution in [2.24, 2.45) is 0 Å². The van der Waals surface area contributed by atoms with Gasteiger partial charge in [0.15, 0.2) is 0 Å². The summed E-state index contributed by atoms with van der Waals surface area (Å²) >= 11 is 0. The van der Waals surface area contributed by atoms with Crippen LogP contribution in [0.5, 0.6) is 0 Å². The summed E-state index contributed by atoms with van der Waals surface area (Å²) in [5.41, 5.74) is 2.12. The lowest BCUT2D eigenvalue weighted by Crippen LogP contribution is -2.27. The number of carbonyl (C=O) groups is 1. The van der Waals surface area contributed by atoms with Gasteiger partial charge in [0.25, 0.3) is 5.91 Å². The molecule has 3 aromatic rings. The van der Waals surface area contributed by atoms with Crippen LogP contribution in [-0.4, -0.2) is 27.9 Å². The van der Waals surface area contributed by atoms with Crippen molar-refractivity contribution in [3.63, 3.8) is 0 Å². The van der Waals surface area contributed by atoms with E-state index in [2.05, 4.69) is 4.98 Å². The second-order valence-corrected chi connectivity index (χ2v) is 6.94. The van der Waals surface area contributed by atoms with Gasteiger partial charge in [0.05, 0.1) is 21.4 Å². The Morgan fingerprint density at radius 2 is 1.83 bits per heavy atom. The molecule has 0 fully saturated rings. The molecule has 0 saturated heterocycles. The Morgan fingerprint density at radius 3 is 2.57 bits per heavy atom. The number of benzene rings is 2. The molecule has 5 heteroatoms. The third-order valence-corrected chi connectivity index (χ3v) is 5.16. The van der Waals surface area contributed by atoms with Crippen molar-refractivity contribution in [3.8, 4) is 0 Å². The van der Waals surface area contributed by atoms with Gasteiger partial charge in [-0.25, -0.2) is 0 Å². The van der Waals surface area contributed by atoms with Gasteiger partial charge in [-0.2, -0.15) is 0 Å². The third-order valence-electron chi connectivity index (χ3n) is 3.80. The van der Waals surface area contributed by atoms with Crippen molar-refractivity contribution in [2.75, 3.05) is 17.7 Å². The number of fused-ring (bicyclic) bond motifs is 1. The maximum Gasteiger partial charge on any atom is 0.274 e. The van der Waals surface area contributed by atoms with Crippen LogP contribution in [0.15, 0.2) is 59.5 Å². The SMILES string of the molecule is CCS(=O)c1ccccc1N(C)C(=O)c1cc2ccccc2[nH]1. The van der Waals surface area contributed by atoms with Crippen LogP contribution in [-0.2, 0) is 10.8 Å². The first-order valence-corrected chi connectivity index (χ1v) is 8.77. The van der Waals surface area contributed by atoms with Gasteiger partial charge in [-0.1, -0.05) is 37.3 Å². The molecule has 1 unspecified atom stereocenters. The number of carbonyl (C=O) groups excluding carboxylic acids is 1. The fourth-order valence-electron chi connectivity index (χ4n) is 2.56. The van der Waals surface area contributed by atoms with Gasteiger partial charge >= 0.3 is 0 Å². The first-order chi connectivity index (χ1) is 11.1. The van der Waals surface area contributed by atoms with Crippen LogP contribution >= 0.6 is 0 Å². The smallest absolute Gasteiger partial charge is 0.274 e. The number of anilines is 1. The highest BCUT2D eigenvalue weighted by molar-refractivity contribution is 7.85. The first kappa shape index (κ1) is 15.5. The quantitative estimate of drug-likeness (QED) is 0.797. The average molecular weight is 326 g/mol. The molecular weight excluding hydrogens is 308 g/mol. The van der Waals surface area contributed by atoms with E-state index in [4.69, 9.17) is 0 Å². The van der Waals surface area contributed by atoms with E-state index in [0.29, 0.717) is 22.0 Å². The first-order valence-electron chi connectivity index (χ1n) is 7.45. The van der Waals surface area contributed by atoms with E-state index < -0.39 is 10.8 Å². The summed E-state index contributed by atoms with van der Waals surface area (Å²) in [6.45, 7) is 1.87. The van der Waals surface area contributed by atoms with Gasteiger partial charge in [-0.3, -0.25) is 9.00 Å². The minimum Gasteiger partial charge on any atom is -0.351 e. The Morgan fingerprint density at radius 1 is 1.13 bits per heavy atom. The number of H-pyrrole nitrogens is 1. The lowest BCUT2D eigenvalue weighted by Gasteiger charge is -2.19. The molecule has 0 bridgehead atoms. The van der Waals surface area contributed by atoms with Gasteiger partial charge in [-0.15, -0.1) is 0 Å².